The highest BCUT2D eigenvalue weighted by molar-refractivity contribution is 7.53. The largest absolute Gasteiger partial charge is 0.695 e. The number of aliphatic hydroxyl groups excluding tert-OH is 3. The van der Waals surface area contributed by atoms with E-state index in [1.54, 1.807) is 6.07 Å². The van der Waals surface area contributed by atoms with E-state index in [1.807, 2.05) is 0 Å². The van der Waals surface area contributed by atoms with Gasteiger partial charge in [-0.1, -0.05) is 0 Å². The maximum atomic E-state index is 13.7. The first-order chi connectivity index (χ1) is 20.5. The average molecular weight is 642 g/mol. The smallest absolute Gasteiger partial charge is 0.394 e. The summed E-state index contributed by atoms with van der Waals surface area (Å²) in [6.45, 7) is -1.46. The third-order valence-electron chi connectivity index (χ3n) is 7.43. The van der Waals surface area contributed by atoms with Crippen LogP contribution in [0.4, 0.5) is 5.82 Å². The van der Waals surface area contributed by atoms with Gasteiger partial charge in [0.05, 0.1) is 30.4 Å². The topological polar surface area (TPSA) is 280 Å². The highest BCUT2D eigenvalue weighted by atomic mass is 31.2. The van der Waals surface area contributed by atoms with Crippen LogP contribution in [0.1, 0.15) is 12.5 Å². The minimum atomic E-state index is -4.91. The second-order valence-electron chi connectivity index (χ2n) is 9.86. The standard InChI is InChI=1S/C22H25N7O12P2/c23-18-9-2-4-28(19(9)26-7-25-18)21-15(32)16(41-42(34)35)12(40-21)6-38-43(36,37)17-14(31)11(5-30)39-22(17)29-8-27-13-10(29)1-3-24-20(13)33/h1-4,7-8,11-12,14-17,21-22,30-32H,5-6H2,(H4-,23,24,25,26,33,34,35,36,37)/p+1/t11-,12-,14-,15-,16-,17-,21-,22-/m1/s1. The van der Waals surface area contributed by atoms with E-state index in [-0.39, 0.29) is 22.5 Å². The zero-order valence-electron chi connectivity index (χ0n) is 21.8. The molecule has 2 aliphatic rings. The summed E-state index contributed by atoms with van der Waals surface area (Å²) < 4.78 is 49.9. The molecule has 4 aromatic heterocycles. The first-order valence-corrected chi connectivity index (χ1v) is 15.5. The fourth-order valence-electron chi connectivity index (χ4n) is 5.42. The van der Waals surface area contributed by atoms with E-state index in [4.69, 9.17) is 24.3 Å². The number of rotatable bonds is 9. The second-order valence-corrected chi connectivity index (χ2v) is 12.5. The molecule has 6 rings (SSSR count). The fraction of sp³-hybridized carbons (Fsp3) is 0.455. The molecule has 6 heterocycles. The molecule has 8 N–H and O–H groups in total. The first-order valence-electron chi connectivity index (χ1n) is 12.7. The first kappa shape index (κ1) is 29.9. The van der Waals surface area contributed by atoms with Crippen LogP contribution in [0.25, 0.3) is 22.1 Å². The summed E-state index contributed by atoms with van der Waals surface area (Å²) in [6.07, 6.45) is -4.91. The van der Waals surface area contributed by atoms with Crippen molar-refractivity contribution in [2.45, 2.75) is 48.6 Å². The Kier molecular flexibility index (Phi) is 7.91. The number of nitrogens with zero attached hydrogens (tertiary/aromatic N) is 5. The number of aliphatic hydroxyl groups is 3. The number of aromatic amines is 1. The molecule has 0 amide bonds. The van der Waals surface area contributed by atoms with Crippen LogP contribution in [-0.2, 0) is 27.7 Å². The van der Waals surface area contributed by atoms with Crippen LogP contribution in [0.15, 0.2) is 42.0 Å². The Bertz CT molecular complexity index is 1780. The number of pyridine rings is 1. The monoisotopic (exact) mass is 642 g/mol. The van der Waals surface area contributed by atoms with Gasteiger partial charge in [-0.2, -0.15) is 0 Å². The molecular weight excluding hydrogens is 616 g/mol. The number of nitrogens with two attached hydrogens (primary N) is 1. The van der Waals surface area contributed by atoms with Gasteiger partial charge in [0.2, 0.25) is 0 Å². The van der Waals surface area contributed by atoms with E-state index in [0.29, 0.717) is 5.39 Å². The number of fused-ring (bicyclic) bond motifs is 2. The maximum Gasteiger partial charge on any atom is 0.695 e. The van der Waals surface area contributed by atoms with Crippen molar-refractivity contribution in [2.75, 3.05) is 18.9 Å². The number of aromatic nitrogens is 6. The maximum absolute atomic E-state index is 13.7. The molecule has 21 heteroatoms. The van der Waals surface area contributed by atoms with Gasteiger partial charge < -0.3 is 54.1 Å². The van der Waals surface area contributed by atoms with Gasteiger partial charge in [0.1, 0.15) is 47.9 Å². The molecule has 0 aliphatic carbocycles. The van der Waals surface area contributed by atoms with Crippen LogP contribution >= 0.6 is 15.9 Å². The Hall–Kier alpha value is -3.19. The molecule has 0 aromatic carbocycles. The van der Waals surface area contributed by atoms with Crippen LogP contribution in [0, 0.1) is 0 Å². The number of imidazole rings is 1. The van der Waals surface area contributed by atoms with Gasteiger partial charge in [0.25, 0.3) is 5.56 Å². The Morgan fingerprint density at radius 3 is 2.63 bits per heavy atom. The number of nitrogens with one attached hydrogen (secondary N) is 1. The molecule has 10 atom stereocenters. The third-order valence-corrected chi connectivity index (χ3v) is 9.69. The number of nitrogen functional groups attached to an aromatic ring is 1. The third kappa shape index (κ3) is 5.17. The Morgan fingerprint density at radius 2 is 1.88 bits per heavy atom. The van der Waals surface area contributed by atoms with E-state index in [2.05, 4.69) is 19.9 Å². The summed E-state index contributed by atoms with van der Waals surface area (Å²) in [5.41, 5.74) is 4.16. The van der Waals surface area contributed by atoms with Gasteiger partial charge in [-0.25, -0.2) is 15.0 Å². The molecule has 2 unspecified atom stereocenters. The molecule has 230 valence electrons. The summed E-state index contributed by atoms with van der Waals surface area (Å²) >= 11 is 0. The molecule has 0 spiro atoms. The summed E-state index contributed by atoms with van der Waals surface area (Å²) in [5.74, 6) is 0.159. The van der Waals surface area contributed by atoms with Crippen LogP contribution in [0.5, 0.6) is 0 Å². The van der Waals surface area contributed by atoms with Gasteiger partial charge >= 0.3 is 15.9 Å². The van der Waals surface area contributed by atoms with Crippen LogP contribution < -0.4 is 11.3 Å². The van der Waals surface area contributed by atoms with Crippen molar-refractivity contribution in [2.24, 2.45) is 0 Å². The quantitative estimate of drug-likeness (QED) is 0.106. The lowest BCUT2D eigenvalue weighted by Gasteiger charge is -2.27. The molecule has 0 bridgehead atoms. The minimum Gasteiger partial charge on any atom is -0.394 e. The van der Waals surface area contributed by atoms with E-state index in [1.165, 1.54) is 40.2 Å². The van der Waals surface area contributed by atoms with Crippen molar-refractivity contribution in [3.63, 3.8) is 0 Å². The molecule has 19 nitrogen and oxygen atoms in total. The van der Waals surface area contributed by atoms with E-state index < -0.39 is 83.3 Å². The molecule has 2 aliphatic heterocycles. The van der Waals surface area contributed by atoms with Crippen molar-refractivity contribution in [3.8, 4) is 0 Å². The Morgan fingerprint density at radius 1 is 1.12 bits per heavy atom. The van der Waals surface area contributed by atoms with Crippen molar-refractivity contribution < 1.29 is 52.8 Å². The molecule has 43 heavy (non-hydrogen) atoms. The number of anilines is 1. The van der Waals surface area contributed by atoms with Crippen LogP contribution in [0.2, 0.25) is 0 Å². The zero-order chi connectivity index (χ0) is 30.6. The predicted molar refractivity (Wildman–Crippen MR) is 143 cm³/mol. The van der Waals surface area contributed by atoms with E-state index in [9.17, 15) is 39.0 Å². The van der Waals surface area contributed by atoms with Crippen LogP contribution in [-0.4, -0.2) is 104 Å². The van der Waals surface area contributed by atoms with Gasteiger partial charge in [-0.05, 0) is 12.1 Å². The molecule has 2 saturated heterocycles. The summed E-state index contributed by atoms with van der Waals surface area (Å²) in [6, 6.07) is 3.04. The fourth-order valence-corrected chi connectivity index (χ4v) is 7.54. The minimum absolute atomic E-state index is 0.00235. The Labute approximate surface area is 240 Å². The van der Waals surface area contributed by atoms with Crippen molar-refractivity contribution in [3.05, 3.63) is 47.5 Å². The summed E-state index contributed by atoms with van der Waals surface area (Å²) in [4.78, 5) is 47.2. The van der Waals surface area contributed by atoms with Crippen molar-refractivity contribution in [1.82, 2.24) is 29.1 Å². The van der Waals surface area contributed by atoms with Gasteiger partial charge in [0.15, 0.2) is 24.1 Å². The number of H-pyrrole nitrogens is 1. The van der Waals surface area contributed by atoms with E-state index >= 15 is 0 Å². The molecule has 0 saturated carbocycles. The number of hydrogen-bond acceptors (Lipinski definition) is 14. The lowest BCUT2D eigenvalue weighted by molar-refractivity contribution is -0.0488. The van der Waals surface area contributed by atoms with Gasteiger partial charge in [-0.3, -0.25) is 9.36 Å². The Balaban J connectivity index is 1.28. The molecular formula is C22H26N7O12P2+. The van der Waals surface area contributed by atoms with E-state index in [0.717, 1.165) is 0 Å². The number of hydrogen-bond donors (Lipinski definition) is 7. The zero-order valence-corrected chi connectivity index (χ0v) is 23.6. The normalized spacial score (nSPS) is 31.1. The van der Waals surface area contributed by atoms with Crippen molar-refractivity contribution in [1.29, 1.82) is 0 Å². The van der Waals surface area contributed by atoms with Crippen molar-refractivity contribution >= 4 is 43.7 Å². The molecule has 4 aromatic rings. The lowest BCUT2D eigenvalue weighted by Crippen LogP contribution is -2.37. The second kappa shape index (κ2) is 11.4. The SMILES string of the molecule is Nc1ncnc2c1ccn2[C@@H]1O[C@H](COP(=O)(O)[C@@H]2[C@H](O)[C@@H](CO)O[C@H]2n2cnc3c(=O)[nH]ccc32)[C@@H](O[P+](=O)O)[C@H]1O. The lowest BCUT2D eigenvalue weighted by atomic mass is 10.1. The molecule has 0 radical (unpaired) electrons. The average Bonchev–Trinajstić information content (AvgIpc) is 3.72. The van der Waals surface area contributed by atoms with Gasteiger partial charge in [-0.15, -0.1) is 9.42 Å². The molecule has 2 fully saturated rings. The highest BCUT2D eigenvalue weighted by Crippen LogP contribution is 2.57. The van der Waals surface area contributed by atoms with Gasteiger partial charge in [0, 0.05) is 17.0 Å². The summed E-state index contributed by atoms with van der Waals surface area (Å²) in [5, 5.41) is 32.1. The predicted octanol–water partition coefficient (Wildman–Crippen LogP) is -1.13. The van der Waals surface area contributed by atoms with Crippen LogP contribution in [0.3, 0.4) is 0 Å². The highest BCUT2D eigenvalue weighted by Gasteiger charge is 2.56. The number of ether oxygens (including phenoxy) is 2. The summed E-state index contributed by atoms with van der Waals surface area (Å²) in [7, 11) is -8.16.